The van der Waals surface area contributed by atoms with Crippen LogP contribution < -0.4 is 14.8 Å². The predicted molar refractivity (Wildman–Crippen MR) is 146 cm³/mol. The Kier molecular flexibility index (Phi) is 8.89. The van der Waals surface area contributed by atoms with Gasteiger partial charge >= 0.3 is 5.97 Å². The maximum absolute atomic E-state index is 13.1. The number of carbonyl (C=O) groups is 1. The number of esters is 1. The van der Waals surface area contributed by atoms with Gasteiger partial charge in [0.15, 0.2) is 11.5 Å². The minimum atomic E-state index is -0.570. The maximum atomic E-state index is 13.1. The summed E-state index contributed by atoms with van der Waals surface area (Å²) in [4.78, 5) is 17.7. The molecule has 2 heterocycles. The van der Waals surface area contributed by atoms with Crippen molar-refractivity contribution >= 4 is 46.9 Å². The van der Waals surface area contributed by atoms with Crippen LogP contribution in [-0.4, -0.2) is 40.2 Å². The van der Waals surface area contributed by atoms with Gasteiger partial charge in [0.2, 0.25) is 11.1 Å². The number of ether oxygens (including phenoxy) is 3. The van der Waals surface area contributed by atoms with Crippen LogP contribution in [0.1, 0.15) is 44.4 Å². The molecule has 11 heteroatoms. The molecule has 196 valence electrons. The Labute approximate surface area is 230 Å². The highest BCUT2D eigenvalue weighted by Crippen LogP contribution is 2.40. The van der Waals surface area contributed by atoms with Gasteiger partial charge in [0, 0.05) is 27.1 Å². The van der Waals surface area contributed by atoms with Crippen molar-refractivity contribution in [3.63, 3.8) is 0 Å². The van der Waals surface area contributed by atoms with Crippen molar-refractivity contribution in [1.29, 1.82) is 0 Å². The van der Waals surface area contributed by atoms with Crippen molar-refractivity contribution in [2.24, 2.45) is 0 Å². The summed E-state index contributed by atoms with van der Waals surface area (Å²) in [6, 6.07) is 10.2. The normalized spacial score (nSPS) is 14.7. The quantitative estimate of drug-likeness (QED) is 0.220. The number of methoxy groups -OCH3 is 1. The Balaban J connectivity index is 1.72. The summed E-state index contributed by atoms with van der Waals surface area (Å²) in [5.41, 5.74) is 2.55. The number of nitrogens with one attached hydrogen (secondary N) is 1. The van der Waals surface area contributed by atoms with Crippen molar-refractivity contribution in [3.05, 3.63) is 68.8 Å². The van der Waals surface area contributed by atoms with Gasteiger partial charge in [-0.3, -0.25) is 0 Å². The monoisotopic (exact) mass is 562 g/mol. The van der Waals surface area contributed by atoms with Crippen molar-refractivity contribution in [1.82, 2.24) is 14.8 Å². The fraction of sp³-hybridized carbons (Fsp3) is 0.346. The van der Waals surface area contributed by atoms with E-state index in [9.17, 15) is 4.79 Å². The topological polar surface area (TPSA) is 87.5 Å². The van der Waals surface area contributed by atoms with Crippen LogP contribution in [0.25, 0.3) is 0 Å². The number of hydrogen-bond acceptors (Lipinski definition) is 8. The smallest absolute Gasteiger partial charge is 0.338 e. The first-order valence-electron chi connectivity index (χ1n) is 11.9. The van der Waals surface area contributed by atoms with Crippen molar-refractivity contribution < 1.29 is 19.0 Å². The van der Waals surface area contributed by atoms with Crippen molar-refractivity contribution in [3.8, 4) is 11.5 Å². The molecule has 2 aromatic carbocycles. The van der Waals surface area contributed by atoms with Crippen LogP contribution in [-0.2, 0) is 16.1 Å². The summed E-state index contributed by atoms with van der Waals surface area (Å²) >= 11 is 14.2. The summed E-state index contributed by atoms with van der Waals surface area (Å²) in [5.74, 6) is 2.02. The Morgan fingerprint density at radius 1 is 1.16 bits per heavy atom. The predicted octanol–water partition coefficient (Wildman–Crippen LogP) is 6.53. The van der Waals surface area contributed by atoms with E-state index in [2.05, 4.69) is 17.2 Å². The van der Waals surface area contributed by atoms with Gasteiger partial charge in [-0.2, -0.15) is 4.98 Å². The standard InChI is InChI=1S/C26H28Cl2N4O4S/c1-5-12-37-26-30-25-29-15(3)22(24(33)35-6-2)23(32(25)31-26)16-10-11-20(21(13-16)34-4)36-14-17-18(27)8-7-9-19(17)28/h7-11,13,23H,5-6,12,14H2,1-4H3,(H,29,30,31). The Morgan fingerprint density at radius 2 is 1.92 bits per heavy atom. The van der Waals surface area contributed by atoms with E-state index in [1.807, 2.05) is 19.1 Å². The highest BCUT2D eigenvalue weighted by molar-refractivity contribution is 7.99. The third-order valence-corrected chi connectivity index (χ3v) is 7.45. The van der Waals surface area contributed by atoms with E-state index in [0.717, 1.165) is 17.7 Å². The summed E-state index contributed by atoms with van der Waals surface area (Å²) in [6.45, 7) is 6.13. The molecular weight excluding hydrogens is 535 g/mol. The number of anilines is 1. The molecule has 0 spiro atoms. The number of thioether (sulfide) groups is 1. The van der Waals surface area contributed by atoms with Gasteiger partial charge in [0.25, 0.3) is 0 Å². The van der Waals surface area contributed by atoms with Crippen molar-refractivity contribution in [2.75, 3.05) is 24.8 Å². The molecule has 0 bridgehead atoms. The van der Waals surface area contributed by atoms with Crippen LogP contribution in [0.3, 0.4) is 0 Å². The molecule has 1 atom stereocenters. The lowest BCUT2D eigenvalue weighted by molar-refractivity contribution is -0.139. The molecule has 3 aromatic rings. The zero-order valence-corrected chi connectivity index (χ0v) is 23.3. The third kappa shape index (κ3) is 5.84. The number of rotatable bonds is 10. The number of nitrogens with zero attached hydrogens (tertiary/aromatic N) is 3. The molecular formula is C26H28Cl2N4O4S. The number of hydrogen-bond donors (Lipinski definition) is 1. The van der Waals surface area contributed by atoms with E-state index in [-0.39, 0.29) is 13.2 Å². The first-order valence-corrected chi connectivity index (χ1v) is 13.6. The minimum Gasteiger partial charge on any atom is -0.493 e. The van der Waals surface area contributed by atoms with Gasteiger partial charge in [-0.25, -0.2) is 9.48 Å². The van der Waals surface area contributed by atoms with E-state index in [0.29, 0.717) is 49.5 Å². The van der Waals surface area contributed by atoms with Gasteiger partial charge < -0.3 is 19.5 Å². The molecule has 1 aliphatic heterocycles. The average Bonchev–Trinajstić information content (AvgIpc) is 3.28. The molecule has 1 aliphatic rings. The van der Waals surface area contributed by atoms with Crippen LogP contribution in [0.4, 0.5) is 5.95 Å². The van der Waals surface area contributed by atoms with Crippen LogP contribution in [0, 0.1) is 0 Å². The van der Waals surface area contributed by atoms with E-state index in [1.54, 1.807) is 54.7 Å². The molecule has 1 aromatic heterocycles. The van der Waals surface area contributed by atoms with Gasteiger partial charge in [-0.05, 0) is 50.1 Å². The van der Waals surface area contributed by atoms with Crippen LogP contribution in [0.15, 0.2) is 52.8 Å². The molecule has 0 saturated carbocycles. The number of halogens is 2. The van der Waals surface area contributed by atoms with Gasteiger partial charge in [0.05, 0.1) is 19.3 Å². The van der Waals surface area contributed by atoms with Crippen LogP contribution in [0.2, 0.25) is 10.0 Å². The second-order valence-corrected chi connectivity index (χ2v) is 10.1. The lowest BCUT2D eigenvalue weighted by atomic mass is 9.95. The number of allylic oxidation sites excluding steroid dienone is 1. The van der Waals surface area contributed by atoms with Crippen molar-refractivity contribution in [2.45, 2.75) is 45.0 Å². The molecule has 1 N–H and O–H groups in total. The number of fused-ring (bicyclic) bond motifs is 1. The number of aromatic nitrogens is 3. The van der Waals surface area contributed by atoms with Gasteiger partial charge in [0.1, 0.15) is 12.6 Å². The van der Waals surface area contributed by atoms with Crippen LogP contribution in [0.5, 0.6) is 11.5 Å². The maximum Gasteiger partial charge on any atom is 0.338 e. The molecule has 8 nitrogen and oxygen atoms in total. The largest absolute Gasteiger partial charge is 0.493 e. The number of benzene rings is 2. The molecule has 0 radical (unpaired) electrons. The Bertz CT molecular complexity index is 1310. The fourth-order valence-corrected chi connectivity index (χ4v) is 5.15. The van der Waals surface area contributed by atoms with Gasteiger partial charge in [-0.15, -0.1) is 5.10 Å². The summed E-state index contributed by atoms with van der Waals surface area (Å²) < 4.78 is 18.8. The van der Waals surface area contributed by atoms with Gasteiger partial charge in [-0.1, -0.05) is 54.0 Å². The number of carbonyl (C=O) groups excluding carboxylic acids is 1. The highest BCUT2D eigenvalue weighted by Gasteiger charge is 2.35. The average molecular weight is 564 g/mol. The van der Waals surface area contributed by atoms with Crippen LogP contribution >= 0.6 is 35.0 Å². The lowest BCUT2D eigenvalue weighted by Gasteiger charge is -2.28. The van der Waals surface area contributed by atoms with E-state index in [4.69, 9.17) is 42.5 Å². The first-order chi connectivity index (χ1) is 17.9. The SMILES string of the molecule is CCCSc1nc2n(n1)C(c1ccc(OCc3c(Cl)cccc3Cl)c(OC)c1)C(C(=O)OCC)=C(C)N2. The van der Waals surface area contributed by atoms with E-state index >= 15 is 0 Å². The van der Waals surface area contributed by atoms with E-state index in [1.165, 1.54) is 0 Å². The fourth-order valence-electron chi connectivity index (χ4n) is 3.96. The second kappa shape index (κ2) is 12.1. The Morgan fingerprint density at radius 3 is 2.59 bits per heavy atom. The molecule has 0 amide bonds. The Hall–Kier alpha value is -2.88. The molecule has 37 heavy (non-hydrogen) atoms. The molecule has 1 unspecified atom stereocenters. The molecule has 4 rings (SSSR count). The lowest BCUT2D eigenvalue weighted by Crippen LogP contribution is -2.29. The summed E-state index contributed by atoms with van der Waals surface area (Å²) in [6.07, 6.45) is 0.995. The zero-order chi connectivity index (χ0) is 26.5. The molecule has 0 aliphatic carbocycles. The summed E-state index contributed by atoms with van der Waals surface area (Å²) in [7, 11) is 1.56. The second-order valence-electron chi connectivity index (χ2n) is 8.20. The third-order valence-electron chi connectivity index (χ3n) is 5.70. The zero-order valence-electron chi connectivity index (χ0n) is 21.0. The summed E-state index contributed by atoms with van der Waals surface area (Å²) in [5, 5.41) is 9.60. The minimum absolute atomic E-state index is 0.167. The van der Waals surface area contributed by atoms with E-state index < -0.39 is 12.0 Å². The molecule has 0 saturated heterocycles. The molecule has 0 fully saturated rings. The first kappa shape index (κ1) is 27.2. The highest BCUT2D eigenvalue weighted by atomic mass is 35.5.